The highest BCUT2D eigenvalue weighted by Gasteiger charge is 2.34. The maximum atomic E-state index is 12.3. The first-order valence-electron chi connectivity index (χ1n) is 5.65. The van der Waals surface area contributed by atoms with Crippen LogP contribution in [0, 0.1) is 0 Å². The number of benzene rings is 2. The van der Waals surface area contributed by atoms with Gasteiger partial charge >= 0.3 is 5.97 Å². The molecule has 3 heteroatoms. The zero-order valence-corrected chi connectivity index (χ0v) is 9.46. The third-order valence-corrected chi connectivity index (χ3v) is 3.28. The van der Waals surface area contributed by atoms with E-state index in [0.29, 0.717) is 22.3 Å². The summed E-state index contributed by atoms with van der Waals surface area (Å²) in [6.07, 6.45) is 0. The van der Waals surface area contributed by atoms with Crippen LogP contribution < -0.4 is 0 Å². The number of carbonyl (C=O) groups is 2. The van der Waals surface area contributed by atoms with Crippen LogP contribution in [0.1, 0.15) is 33.0 Å². The van der Waals surface area contributed by atoms with Gasteiger partial charge in [0.2, 0.25) is 0 Å². The van der Waals surface area contributed by atoms with Crippen LogP contribution >= 0.6 is 0 Å². The quantitative estimate of drug-likeness (QED) is 0.830. The summed E-state index contributed by atoms with van der Waals surface area (Å²) in [6.45, 7) is 0. The minimum Gasteiger partial charge on any atom is -0.481 e. The van der Waals surface area contributed by atoms with Gasteiger partial charge in [0.25, 0.3) is 0 Å². The largest absolute Gasteiger partial charge is 0.481 e. The number of hydrogen-bond acceptors (Lipinski definition) is 2. The summed E-state index contributed by atoms with van der Waals surface area (Å²) in [6, 6.07) is 13.8. The van der Waals surface area contributed by atoms with Gasteiger partial charge < -0.3 is 5.11 Å². The minimum atomic E-state index is -0.928. The van der Waals surface area contributed by atoms with Crippen LogP contribution in [-0.2, 0) is 4.79 Å². The fraction of sp³-hybridized carbons (Fsp3) is 0.0667. The first-order valence-corrected chi connectivity index (χ1v) is 5.65. The second-order valence-electron chi connectivity index (χ2n) is 4.27. The van der Waals surface area contributed by atoms with Gasteiger partial charge in [0, 0.05) is 11.1 Å². The molecule has 3 nitrogen and oxygen atoms in total. The van der Waals surface area contributed by atoms with E-state index in [1.165, 1.54) is 0 Å². The van der Waals surface area contributed by atoms with Crippen molar-refractivity contribution in [1.82, 2.24) is 0 Å². The number of carboxylic acid groups (broad SMARTS) is 1. The molecule has 1 aliphatic rings. The Morgan fingerprint density at radius 2 is 1.33 bits per heavy atom. The van der Waals surface area contributed by atoms with E-state index in [0.717, 1.165) is 0 Å². The fourth-order valence-corrected chi connectivity index (χ4v) is 2.49. The Balaban J connectivity index is 2.33. The van der Waals surface area contributed by atoms with Crippen molar-refractivity contribution >= 4 is 11.8 Å². The summed E-state index contributed by atoms with van der Waals surface area (Å²) in [4.78, 5) is 23.8. The van der Waals surface area contributed by atoms with Crippen molar-refractivity contribution in [1.29, 1.82) is 0 Å². The van der Waals surface area contributed by atoms with Gasteiger partial charge in [-0.3, -0.25) is 9.59 Å². The lowest BCUT2D eigenvalue weighted by atomic mass is 9.77. The predicted octanol–water partition coefficient (Wildman–Crippen LogP) is 2.45. The van der Waals surface area contributed by atoms with E-state index in [1.54, 1.807) is 48.5 Å². The Kier molecular flexibility index (Phi) is 2.27. The molecule has 0 atom stereocenters. The van der Waals surface area contributed by atoms with Crippen LogP contribution in [0.3, 0.4) is 0 Å². The molecule has 2 aromatic carbocycles. The molecule has 0 bridgehead atoms. The van der Waals surface area contributed by atoms with Crippen molar-refractivity contribution in [3.05, 3.63) is 70.8 Å². The van der Waals surface area contributed by atoms with Crippen LogP contribution in [0.5, 0.6) is 0 Å². The SMILES string of the molecule is O=C1c2ccccc2C(C(=O)O)c2ccccc21. The standard InChI is InChI=1S/C15H10O3/c16-14-11-7-3-1-5-9(11)13(15(17)18)10-6-2-4-8-12(10)14/h1-8,13H,(H,17,18). The zero-order valence-electron chi connectivity index (χ0n) is 9.46. The monoisotopic (exact) mass is 238 g/mol. The van der Waals surface area contributed by atoms with E-state index in [9.17, 15) is 14.7 Å². The number of ketones is 1. The number of rotatable bonds is 1. The molecule has 3 rings (SSSR count). The zero-order chi connectivity index (χ0) is 12.7. The average molecular weight is 238 g/mol. The van der Waals surface area contributed by atoms with Gasteiger partial charge in [-0.2, -0.15) is 0 Å². The molecule has 88 valence electrons. The van der Waals surface area contributed by atoms with Crippen molar-refractivity contribution < 1.29 is 14.7 Å². The van der Waals surface area contributed by atoms with Gasteiger partial charge in [-0.1, -0.05) is 48.5 Å². The molecule has 0 saturated heterocycles. The topological polar surface area (TPSA) is 54.4 Å². The maximum absolute atomic E-state index is 12.3. The summed E-state index contributed by atoms with van der Waals surface area (Å²) in [5.74, 6) is -1.78. The molecule has 0 aliphatic heterocycles. The van der Waals surface area contributed by atoms with Crippen molar-refractivity contribution in [3.63, 3.8) is 0 Å². The second kappa shape index (κ2) is 3.81. The molecule has 0 unspecified atom stereocenters. The lowest BCUT2D eigenvalue weighted by Crippen LogP contribution is -2.24. The third-order valence-electron chi connectivity index (χ3n) is 3.28. The molecule has 2 aromatic rings. The summed E-state index contributed by atoms with van der Waals surface area (Å²) in [5.41, 5.74) is 2.13. The van der Waals surface area contributed by atoms with Crippen LogP contribution in [0.15, 0.2) is 48.5 Å². The Labute approximate surface area is 104 Å². The van der Waals surface area contributed by atoms with Crippen molar-refractivity contribution in [2.45, 2.75) is 5.92 Å². The van der Waals surface area contributed by atoms with Crippen molar-refractivity contribution in [2.75, 3.05) is 0 Å². The van der Waals surface area contributed by atoms with Gasteiger partial charge in [-0.15, -0.1) is 0 Å². The van der Waals surface area contributed by atoms with E-state index in [1.807, 2.05) is 0 Å². The van der Waals surface area contributed by atoms with Gasteiger partial charge in [0.1, 0.15) is 5.92 Å². The molecule has 0 fully saturated rings. The van der Waals surface area contributed by atoms with Crippen molar-refractivity contribution in [3.8, 4) is 0 Å². The molecule has 0 heterocycles. The molecule has 0 aromatic heterocycles. The lowest BCUT2D eigenvalue weighted by molar-refractivity contribution is -0.137. The maximum Gasteiger partial charge on any atom is 0.315 e. The highest BCUT2D eigenvalue weighted by molar-refractivity contribution is 6.14. The number of carboxylic acids is 1. The van der Waals surface area contributed by atoms with Gasteiger partial charge in [0.05, 0.1) is 0 Å². The van der Waals surface area contributed by atoms with Crippen LogP contribution in [0.4, 0.5) is 0 Å². The molecule has 0 saturated carbocycles. The molecule has 0 amide bonds. The molecular weight excluding hydrogens is 228 g/mol. The van der Waals surface area contributed by atoms with E-state index in [4.69, 9.17) is 0 Å². The van der Waals surface area contributed by atoms with Gasteiger partial charge in [-0.25, -0.2) is 0 Å². The van der Waals surface area contributed by atoms with E-state index >= 15 is 0 Å². The van der Waals surface area contributed by atoms with Crippen LogP contribution in [-0.4, -0.2) is 16.9 Å². The van der Waals surface area contributed by atoms with E-state index < -0.39 is 11.9 Å². The Morgan fingerprint density at radius 1 is 0.889 bits per heavy atom. The van der Waals surface area contributed by atoms with Gasteiger partial charge in [0.15, 0.2) is 5.78 Å². The highest BCUT2D eigenvalue weighted by Crippen LogP contribution is 2.36. The van der Waals surface area contributed by atoms with E-state index in [-0.39, 0.29) is 5.78 Å². The minimum absolute atomic E-state index is 0.0984. The third kappa shape index (κ3) is 1.37. The Bertz CT molecular complexity index is 609. The predicted molar refractivity (Wildman–Crippen MR) is 65.8 cm³/mol. The normalized spacial score (nSPS) is 13.9. The smallest absolute Gasteiger partial charge is 0.315 e. The second-order valence-corrected chi connectivity index (χ2v) is 4.27. The molecule has 1 N–H and O–H groups in total. The van der Waals surface area contributed by atoms with Crippen LogP contribution in [0.25, 0.3) is 0 Å². The molecular formula is C15H10O3. The highest BCUT2D eigenvalue weighted by atomic mass is 16.4. The first-order chi connectivity index (χ1) is 8.70. The van der Waals surface area contributed by atoms with Gasteiger partial charge in [-0.05, 0) is 11.1 Å². The molecule has 0 spiro atoms. The van der Waals surface area contributed by atoms with E-state index in [2.05, 4.69) is 0 Å². The summed E-state index contributed by atoms with van der Waals surface area (Å²) in [5, 5.41) is 9.41. The fourth-order valence-electron chi connectivity index (χ4n) is 2.49. The Morgan fingerprint density at radius 3 is 1.78 bits per heavy atom. The summed E-state index contributed by atoms with van der Waals surface area (Å²) in [7, 11) is 0. The average Bonchev–Trinajstić information content (AvgIpc) is 2.39. The molecule has 18 heavy (non-hydrogen) atoms. The number of fused-ring (bicyclic) bond motifs is 2. The molecule has 1 aliphatic carbocycles. The summed E-state index contributed by atoms with van der Waals surface area (Å²) >= 11 is 0. The number of carbonyl (C=O) groups excluding carboxylic acids is 1. The number of hydrogen-bond donors (Lipinski definition) is 1. The first kappa shape index (κ1) is 10.7. The number of aliphatic carboxylic acids is 1. The van der Waals surface area contributed by atoms with Crippen LogP contribution in [0.2, 0.25) is 0 Å². The lowest BCUT2D eigenvalue weighted by Gasteiger charge is -2.24. The molecule has 0 radical (unpaired) electrons. The summed E-state index contributed by atoms with van der Waals surface area (Å²) < 4.78 is 0. The van der Waals surface area contributed by atoms with Crippen molar-refractivity contribution in [2.24, 2.45) is 0 Å². The Hall–Kier alpha value is -2.42.